The highest BCUT2D eigenvalue weighted by molar-refractivity contribution is 5.92. The lowest BCUT2D eigenvalue weighted by Gasteiger charge is -2.32. The van der Waals surface area contributed by atoms with Crippen molar-refractivity contribution < 1.29 is 0 Å². The number of hydrogen-bond acceptors (Lipinski definition) is 5. The number of benzene rings is 2. The van der Waals surface area contributed by atoms with Crippen LogP contribution in [0, 0.1) is 0 Å². The Morgan fingerprint density at radius 1 is 0.968 bits per heavy atom. The number of likely N-dealkylation sites (tertiary alicyclic amines) is 1. The molecular weight excluding hydrogens is 384 g/mol. The number of pyridine rings is 1. The van der Waals surface area contributed by atoms with E-state index in [-0.39, 0.29) is 0 Å². The zero-order valence-corrected chi connectivity index (χ0v) is 17.6. The van der Waals surface area contributed by atoms with Crippen LogP contribution in [0.4, 0.5) is 11.6 Å². The van der Waals surface area contributed by atoms with Crippen molar-refractivity contribution in [3.63, 3.8) is 0 Å². The van der Waals surface area contributed by atoms with Gasteiger partial charge < -0.3 is 10.2 Å². The predicted octanol–water partition coefficient (Wildman–Crippen LogP) is 3.93. The Morgan fingerprint density at radius 2 is 1.81 bits per heavy atom. The molecular formula is C25H26N6. The fraction of sp³-hybridized carbons (Fsp3) is 0.280. The number of fused-ring (bicyclic) bond motifs is 3. The van der Waals surface area contributed by atoms with Crippen LogP contribution in [0.2, 0.25) is 0 Å². The SMILES string of the molecule is CN1CC2CC1CN2c1nn(-c2ccnc(NCc3ccccc3)c2)c2ccccc12. The van der Waals surface area contributed by atoms with Gasteiger partial charge in [0.15, 0.2) is 5.82 Å². The molecule has 2 fully saturated rings. The van der Waals surface area contributed by atoms with E-state index in [9.17, 15) is 0 Å². The second-order valence-electron chi connectivity index (χ2n) is 8.63. The quantitative estimate of drug-likeness (QED) is 0.540. The number of likely N-dealkylation sites (N-methyl/N-ethyl adjacent to an activating group) is 1. The van der Waals surface area contributed by atoms with E-state index in [2.05, 4.69) is 86.4 Å². The summed E-state index contributed by atoms with van der Waals surface area (Å²) in [4.78, 5) is 9.51. The molecule has 6 nitrogen and oxygen atoms in total. The van der Waals surface area contributed by atoms with Gasteiger partial charge in [0.25, 0.3) is 0 Å². The second kappa shape index (κ2) is 7.39. The molecule has 2 aliphatic rings. The van der Waals surface area contributed by atoms with Gasteiger partial charge in [-0.05, 0) is 37.2 Å². The van der Waals surface area contributed by atoms with Crippen molar-refractivity contribution in [3.05, 3.63) is 78.5 Å². The summed E-state index contributed by atoms with van der Waals surface area (Å²) in [6, 6.07) is 24.2. The summed E-state index contributed by atoms with van der Waals surface area (Å²) >= 11 is 0. The first-order valence-electron chi connectivity index (χ1n) is 10.9. The molecule has 2 unspecified atom stereocenters. The number of nitrogens with zero attached hydrogens (tertiary/aromatic N) is 5. The Bertz CT molecular complexity index is 1220. The Morgan fingerprint density at radius 3 is 2.61 bits per heavy atom. The maximum Gasteiger partial charge on any atom is 0.159 e. The fourth-order valence-electron chi connectivity index (χ4n) is 5.02. The van der Waals surface area contributed by atoms with Gasteiger partial charge in [-0.25, -0.2) is 9.67 Å². The Kier molecular flexibility index (Phi) is 4.39. The normalized spacial score (nSPS) is 20.6. The molecule has 6 rings (SSSR count). The standard InChI is InChI=1S/C25H26N6/c1-29-16-21-13-20(29)17-30(21)25-22-9-5-6-10-23(22)31(28-25)19-11-12-26-24(14-19)27-15-18-7-3-2-4-8-18/h2-12,14,20-21H,13,15-17H2,1H3,(H,26,27). The molecule has 4 heterocycles. The Labute approximate surface area is 182 Å². The van der Waals surface area contributed by atoms with E-state index < -0.39 is 0 Å². The maximum absolute atomic E-state index is 5.11. The van der Waals surface area contributed by atoms with E-state index in [1.54, 1.807) is 0 Å². The first-order valence-corrected chi connectivity index (χ1v) is 10.9. The summed E-state index contributed by atoms with van der Waals surface area (Å²) < 4.78 is 2.07. The third-order valence-electron chi connectivity index (χ3n) is 6.66. The first kappa shape index (κ1) is 18.4. The van der Waals surface area contributed by atoms with Gasteiger partial charge in [-0.2, -0.15) is 0 Å². The lowest BCUT2D eigenvalue weighted by atomic mass is 10.2. The highest BCUT2D eigenvalue weighted by atomic mass is 15.4. The maximum atomic E-state index is 5.11. The molecule has 0 amide bonds. The molecule has 4 aromatic rings. The van der Waals surface area contributed by atoms with E-state index in [1.807, 2.05) is 18.3 Å². The third kappa shape index (κ3) is 3.24. The van der Waals surface area contributed by atoms with Crippen molar-refractivity contribution in [2.75, 3.05) is 30.4 Å². The van der Waals surface area contributed by atoms with Gasteiger partial charge in [-0.1, -0.05) is 42.5 Å². The van der Waals surface area contributed by atoms with Gasteiger partial charge in [0, 0.05) is 49.4 Å². The van der Waals surface area contributed by atoms with Crippen LogP contribution < -0.4 is 10.2 Å². The highest BCUT2D eigenvalue weighted by Gasteiger charge is 2.42. The largest absolute Gasteiger partial charge is 0.366 e. The van der Waals surface area contributed by atoms with Crippen molar-refractivity contribution in [2.24, 2.45) is 0 Å². The molecule has 2 atom stereocenters. The topological polar surface area (TPSA) is 49.2 Å². The molecule has 2 bridgehead atoms. The van der Waals surface area contributed by atoms with Gasteiger partial charge >= 0.3 is 0 Å². The van der Waals surface area contributed by atoms with E-state index in [4.69, 9.17) is 5.10 Å². The lowest BCUT2D eigenvalue weighted by Crippen LogP contribution is -2.44. The van der Waals surface area contributed by atoms with Crippen LogP contribution in [0.1, 0.15) is 12.0 Å². The molecule has 2 aromatic heterocycles. The molecule has 1 N–H and O–H groups in total. The minimum absolute atomic E-state index is 0.558. The Hall–Kier alpha value is -3.38. The van der Waals surface area contributed by atoms with Gasteiger partial charge in [0.05, 0.1) is 11.2 Å². The van der Waals surface area contributed by atoms with E-state index in [0.717, 1.165) is 42.5 Å². The van der Waals surface area contributed by atoms with Crippen LogP contribution in [0.3, 0.4) is 0 Å². The summed E-state index contributed by atoms with van der Waals surface area (Å²) in [5, 5.41) is 9.77. The number of para-hydroxylation sites is 1. The van der Waals surface area contributed by atoms with E-state index in [1.165, 1.54) is 17.4 Å². The minimum atomic E-state index is 0.558. The average molecular weight is 411 g/mol. The molecule has 0 spiro atoms. The summed E-state index contributed by atoms with van der Waals surface area (Å²) in [6.07, 6.45) is 3.09. The zero-order chi connectivity index (χ0) is 20.8. The van der Waals surface area contributed by atoms with Crippen LogP contribution in [0.15, 0.2) is 72.9 Å². The average Bonchev–Trinajstić information content (AvgIpc) is 3.50. The minimum Gasteiger partial charge on any atom is -0.366 e. The number of anilines is 2. The molecule has 2 aliphatic heterocycles. The lowest BCUT2D eigenvalue weighted by molar-refractivity contribution is 0.292. The predicted molar refractivity (Wildman–Crippen MR) is 125 cm³/mol. The van der Waals surface area contributed by atoms with Crippen LogP contribution in [-0.4, -0.2) is 51.9 Å². The van der Waals surface area contributed by atoms with Crippen molar-refractivity contribution in [1.82, 2.24) is 19.7 Å². The van der Waals surface area contributed by atoms with Gasteiger partial charge in [0.1, 0.15) is 5.82 Å². The van der Waals surface area contributed by atoms with Crippen LogP contribution in [0.25, 0.3) is 16.6 Å². The molecule has 6 heteroatoms. The molecule has 2 aromatic carbocycles. The van der Waals surface area contributed by atoms with E-state index >= 15 is 0 Å². The van der Waals surface area contributed by atoms with Crippen LogP contribution in [-0.2, 0) is 6.54 Å². The summed E-state index contributed by atoms with van der Waals surface area (Å²) in [5.41, 5.74) is 3.39. The third-order valence-corrected chi connectivity index (χ3v) is 6.66. The van der Waals surface area contributed by atoms with Crippen molar-refractivity contribution in [1.29, 1.82) is 0 Å². The van der Waals surface area contributed by atoms with Crippen LogP contribution in [0.5, 0.6) is 0 Å². The number of aromatic nitrogens is 3. The van der Waals surface area contributed by atoms with Gasteiger partial charge in [-0.3, -0.25) is 4.90 Å². The Balaban J connectivity index is 1.34. The molecule has 0 saturated carbocycles. The highest BCUT2D eigenvalue weighted by Crippen LogP contribution is 2.37. The molecule has 0 radical (unpaired) electrons. The van der Waals surface area contributed by atoms with Crippen molar-refractivity contribution >= 4 is 22.5 Å². The summed E-state index contributed by atoms with van der Waals surface area (Å²) in [5.74, 6) is 1.95. The van der Waals surface area contributed by atoms with Gasteiger partial charge in [-0.15, -0.1) is 5.10 Å². The molecule has 31 heavy (non-hydrogen) atoms. The van der Waals surface area contributed by atoms with Crippen molar-refractivity contribution in [3.8, 4) is 5.69 Å². The molecule has 156 valence electrons. The summed E-state index contributed by atoms with van der Waals surface area (Å²) in [7, 11) is 2.24. The monoisotopic (exact) mass is 410 g/mol. The zero-order valence-electron chi connectivity index (χ0n) is 17.6. The summed E-state index contributed by atoms with van der Waals surface area (Å²) in [6.45, 7) is 2.92. The molecule has 0 aliphatic carbocycles. The number of hydrogen-bond donors (Lipinski definition) is 1. The van der Waals surface area contributed by atoms with Gasteiger partial charge in [0.2, 0.25) is 0 Å². The van der Waals surface area contributed by atoms with Crippen molar-refractivity contribution in [2.45, 2.75) is 25.0 Å². The smallest absolute Gasteiger partial charge is 0.159 e. The fourth-order valence-corrected chi connectivity index (χ4v) is 5.02. The first-order chi connectivity index (χ1) is 15.3. The molecule has 2 saturated heterocycles. The second-order valence-corrected chi connectivity index (χ2v) is 8.63. The number of rotatable bonds is 5. The number of piperazine rings is 1. The van der Waals surface area contributed by atoms with E-state index in [0.29, 0.717) is 12.1 Å². The number of nitrogens with one attached hydrogen (secondary N) is 1. The van der Waals surface area contributed by atoms with Crippen LogP contribution >= 0.6 is 0 Å².